The molecular weight excluding hydrogens is 291 g/mol. The smallest absolute Gasteiger partial charge is 0.337 e. The topological polar surface area (TPSA) is 93.1 Å². The number of methoxy groups -OCH3 is 1. The third kappa shape index (κ3) is 1.94. The lowest BCUT2D eigenvalue weighted by molar-refractivity contribution is 0.390. The summed E-state index contributed by atoms with van der Waals surface area (Å²) >= 11 is 0. The highest BCUT2D eigenvalue weighted by Gasteiger charge is 2.26. The van der Waals surface area contributed by atoms with Crippen LogP contribution >= 0.6 is 0 Å². The van der Waals surface area contributed by atoms with E-state index in [1.165, 1.54) is 11.7 Å². The zero-order valence-electron chi connectivity index (χ0n) is 11.8. The molecule has 0 bridgehead atoms. The maximum atomic E-state index is 14.2. The van der Waals surface area contributed by atoms with Gasteiger partial charge in [-0.1, -0.05) is 0 Å². The standard InChI is InChI=1S/C14H13FN4O3/c1-22-12-8(7-16)6-9(15)11(17-12)19-13(20)10-4-2-3-5-18(10)14(19)21/h6,20H,2-5H2,1H3. The van der Waals surface area contributed by atoms with Gasteiger partial charge in [-0.05, 0) is 19.3 Å². The molecule has 0 fully saturated rings. The molecule has 0 amide bonds. The van der Waals surface area contributed by atoms with Crippen LogP contribution in [-0.2, 0) is 13.0 Å². The van der Waals surface area contributed by atoms with Gasteiger partial charge in [-0.25, -0.2) is 13.8 Å². The highest BCUT2D eigenvalue weighted by atomic mass is 19.1. The van der Waals surface area contributed by atoms with Crippen LogP contribution in [0.1, 0.15) is 24.1 Å². The Morgan fingerprint density at radius 3 is 2.91 bits per heavy atom. The SMILES string of the molecule is COc1nc(-n2c(O)c3n(c2=O)CCCC3)c(F)cc1C#N. The lowest BCUT2D eigenvalue weighted by atomic mass is 10.1. The quantitative estimate of drug-likeness (QED) is 0.896. The minimum Gasteiger partial charge on any atom is -0.493 e. The van der Waals surface area contributed by atoms with Crippen LogP contribution in [0.4, 0.5) is 4.39 Å². The summed E-state index contributed by atoms with van der Waals surface area (Å²) in [5, 5.41) is 19.2. The van der Waals surface area contributed by atoms with Crippen molar-refractivity contribution < 1.29 is 14.2 Å². The van der Waals surface area contributed by atoms with Crippen molar-refractivity contribution >= 4 is 0 Å². The van der Waals surface area contributed by atoms with Crippen LogP contribution in [-0.4, -0.2) is 26.3 Å². The summed E-state index contributed by atoms with van der Waals surface area (Å²) < 4.78 is 21.4. The van der Waals surface area contributed by atoms with Crippen LogP contribution in [0.5, 0.6) is 11.8 Å². The largest absolute Gasteiger partial charge is 0.493 e. The predicted molar refractivity (Wildman–Crippen MR) is 73.7 cm³/mol. The summed E-state index contributed by atoms with van der Waals surface area (Å²) in [5.74, 6) is -1.67. The van der Waals surface area contributed by atoms with Gasteiger partial charge in [-0.3, -0.25) is 4.57 Å². The number of fused-ring (bicyclic) bond motifs is 1. The monoisotopic (exact) mass is 304 g/mol. The molecular formula is C14H13FN4O3. The first-order valence-electron chi connectivity index (χ1n) is 6.77. The van der Waals surface area contributed by atoms with Crippen molar-refractivity contribution in [2.24, 2.45) is 0 Å². The van der Waals surface area contributed by atoms with Crippen LogP contribution in [0.2, 0.25) is 0 Å². The van der Waals surface area contributed by atoms with Gasteiger partial charge >= 0.3 is 5.69 Å². The molecule has 2 aromatic rings. The van der Waals surface area contributed by atoms with Crippen LogP contribution < -0.4 is 10.4 Å². The average Bonchev–Trinajstić information content (AvgIpc) is 2.79. The molecule has 7 nitrogen and oxygen atoms in total. The number of ether oxygens (including phenoxy) is 1. The van der Waals surface area contributed by atoms with Gasteiger partial charge in [0, 0.05) is 12.6 Å². The minimum atomic E-state index is -0.877. The molecule has 1 aliphatic heterocycles. The number of halogens is 1. The van der Waals surface area contributed by atoms with Crippen molar-refractivity contribution in [1.82, 2.24) is 14.1 Å². The van der Waals surface area contributed by atoms with Crippen molar-refractivity contribution in [2.75, 3.05) is 7.11 Å². The van der Waals surface area contributed by atoms with Crippen LogP contribution in [0.25, 0.3) is 5.82 Å². The summed E-state index contributed by atoms with van der Waals surface area (Å²) in [6, 6.07) is 2.70. The molecule has 8 heteroatoms. The zero-order chi connectivity index (χ0) is 15.9. The Kier molecular flexibility index (Phi) is 3.33. The van der Waals surface area contributed by atoms with Crippen molar-refractivity contribution in [2.45, 2.75) is 25.8 Å². The maximum Gasteiger partial charge on any atom is 0.337 e. The van der Waals surface area contributed by atoms with Crippen molar-refractivity contribution in [1.29, 1.82) is 5.26 Å². The van der Waals surface area contributed by atoms with Crippen LogP contribution in [0, 0.1) is 17.1 Å². The summed E-state index contributed by atoms with van der Waals surface area (Å²) in [5.41, 5.74) is -0.161. The average molecular weight is 304 g/mol. The zero-order valence-corrected chi connectivity index (χ0v) is 11.8. The maximum absolute atomic E-state index is 14.2. The molecule has 0 aliphatic carbocycles. The molecule has 0 unspecified atom stereocenters. The van der Waals surface area contributed by atoms with Gasteiger partial charge in [-0.2, -0.15) is 10.2 Å². The molecule has 3 heterocycles. The molecule has 2 aromatic heterocycles. The second kappa shape index (κ2) is 5.18. The Morgan fingerprint density at radius 1 is 1.50 bits per heavy atom. The van der Waals surface area contributed by atoms with E-state index in [2.05, 4.69) is 4.98 Å². The fraction of sp³-hybridized carbons (Fsp3) is 0.357. The normalized spacial score (nSPS) is 13.5. The Labute approximate surface area is 124 Å². The number of nitriles is 1. The van der Waals surface area contributed by atoms with Gasteiger partial charge in [0.1, 0.15) is 11.6 Å². The number of pyridine rings is 1. The second-order valence-electron chi connectivity index (χ2n) is 4.96. The first-order valence-corrected chi connectivity index (χ1v) is 6.77. The van der Waals surface area contributed by atoms with Crippen molar-refractivity contribution in [3.8, 4) is 23.6 Å². The lowest BCUT2D eigenvalue weighted by Crippen LogP contribution is -2.27. The van der Waals surface area contributed by atoms with Gasteiger partial charge in [0.15, 0.2) is 11.6 Å². The van der Waals surface area contributed by atoms with Crippen LogP contribution in [0.3, 0.4) is 0 Å². The molecule has 1 N–H and O–H groups in total. The lowest BCUT2D eigenvalue weighted by Gasteiger charge is -2.11. The Morgan fingerprint density at radius 2 is 2.27 bits per heavy atom. The third-order valence-corrected chi connectivity index (χ3v) is 3.71. The van der Waals surface area contributed by atoms with E-state index < -0.39 is 11.5 Å². The number of hydrogen-bond acceptors (Lipinski definition) is 5. The molecule has 0 aromatic carbocycles. The van der Waals surface area contributed by atoms with E-state index >= 15 is 0 Å². The first-order chi connectivity index (χ1) is 10.6. The minimum absolute atomic E-state index is 0.0831. The van der Waals surface area contributed by atoms with Crippen molar-refractivity contribution in [3.63, 3.8) is 0 Å². The van der Waals surface area contributed by atoms with Gasteiger partial charge < -0.3 is 9.84 Å². The summed E-state index contributed by atoms with van der Waals surface area (Å²) in [6.07, 6.45) is 2.22. The fourth-order valence-corrected chi connectivity index (χ4v) is 2.66. The molecule has 0 saturated carbocycles. The van der Waals surface area contributed by atoms with Crippen LogP contribution in [0.15, 0.2) is 10.9 Å². The molecule has 114 valence electrons. The van der Waals surface area contributed by atoms with Gasteiger partial charge in [-0.15, -0.1) is 0 Å². The third-order valence-electron chi connectivity index (χ3n) is 3.71. The van der Waals surface area contributed by atoms with E-state index in [4.69, 9.17) is 10.00 Å². The van der Waals surface area contributed by atoms with E-state index in [0.29, 0.717) is 18.7 Å². The van der Waals surface area contributed by atoms with Crippen molar-refractivity contribution in [3.05, 3.63) is 33.6 Å². The number of hydrogen-bond donors (Lipinski definition) is 1. The Bertz CT molecular complexity index is 847. The number of nitrogens with zero attached hydrogens (tertiary/aromatic N) is 4. The number of rotatable bonds is 2. The van der Waals surface area contributed by atoms with E-state index in [9.17, 15) is 14.3 Å². The molecule has 1 aliphatic rings. The second-order valence-corrected chi connectivity index (χ2v) is 4.96. The number of aromatic nitrogens is 3. The molecule has 22 heavy (non-hydrogen) atoms. The summed E-state index contributed by atoms with van der Waals surface area (Å²) in [7, 11) is 1.29. The molecule has 0 atom stereocenters. The first kappa shape index (κ1) is 14.1. The van der Waals surface area contributed by atoms with E-state index in [0.717, 1.165) is 23.5 Å². The van der Waals surface area contributed by atoms with E-state index in [1.807, 2.05) is 0 Å². The van der Waals surface area contributed by atoms with E-state index in [1.54, 1.807) is 6.07 Å². The Balaban J connectivity index is 2.27. The van der Waals surface area contributed by atoms with Gasteiger partial charge in [0.25, 0.3) is 0 Å². The van der Waals surface area contributed by atoms with Gasteiger partial charge in [0.2, 0.25) is 11.8 Å². The van der Waals surface area contributed by atoms with Gasteiger partial charge in [0.05, 0.1) is 12.8 Å². The predicted octanol–water partition coefficient (Wildman–Crippen LogP) is 1.10. The Hall–Kier alpha value is -2.82. The highest BCUT2D eigenvalue weighted by Crippen LogP contribution is 2.27. The van der Waals surface area contributed by atoms with E-state index in [-0.39, 0.29) is 23.1 Å². The fourth-order valence-electron chi connectivity index (χ4n) is 2.66. The molecule has 0 radical (unpaired) electrons. The number of aromatic hydroxyl groups is 1. The molecule has 3 rings (SSSR count). The highest BCUT2D eigenvalue weighted by molar-refractivity contribution is 5.45. The molecule has 0 saturated heterocycles. The number of imidazole rings is 1. The molecule has 0 spiro atoms. The summed E-state index contributed by atoms with van der Waals surface area (Å²) in [4.78, 5) is 16.3. The summed E-state index contributed by atoms with van der Waals surface area (Å²) in [6.45, 7) is 0.476.